The Morgan fingerprint density at radius 1 is 1.04 bits per heavy atom. The van der Waals surface area contributed by atoms with Crippen LogP contribution in [-0.2, 0) is 11.4 Å². The Hall–Kier alpha value is -3.55. The van der Waals surface area contributed by atoms with Gasteiger partial charge in [-0.15, -0.1) is 0 Å². The van der Waals surface area contributed by atoms with Gasteiger partial charge in [0.15, 0.2) is 0 Å². The maximum atomic E-state index is 12.4. The van der Waals surface area contributed by atoms with Gasteiger partial charge in [-0.3, -0.25) is 4.79 Å². The lowest BCUT2D eigenvalue weighted by Gasteiger charge is -2.08. The minimum absolute atomic E-state index is 0.0277. The number of amides is 1. The lowest BCUT2D eigenvalue weighted by molar-refractivity contribution is -0.112. The van der Waals surface area contributed by atoms with Gasteiger partial charge in [0, 0.05) is 0 Å². The summed E-state index contributed by atoms with van der Waals surface area (Å²) >= 11 is 6.05. The highest BCUT2D eigenvalue weighted by atomic mass is 35.5. The molecule has 3 rings (SSSR count). The third kappa shape index (κ3) is 5.23. The van der Waals surface area contributed by atoms with Gasteiger partial charge >= 0.3 is 0 Å². The number of nitrogens with zero attached hydrogens (tertiary/aromatic N) is 1. The molecule has 28 heavy (non-hydrogen) atoms. The summed E-state index contributed by atoms with van der Waals surface area (Å²) in [5.74, 6) is 0.132. The molecule has 1 N–H and O–H groups in total. The highest BCUT2D eigenvalue weighted by Gasteiger charge is 2.11. The maximum absolute atomic E-state index is 12.4. The van der Waals surface area contributed by atoms with Crippen LogP contribution in [0.2, 0.25) is 5.02 Å². The van der Waals surface area contributed by atoms with Crippen LogP contribution >= 0.6 is 11.6 Å². The zero-order valence-electron chi connectivity index (χ0n) is 14.9. The normalized spacial score (nSPS) is 10.8. The van der Waals surface area contributed by atoms with Gasteiger partial charge in [0.1, 0.15) is 24.0 Å². The number of anilines is 1. The van der Waals surface area contributed by atoms with E-state index in [-0.39, 0.29) is 5.57 Å². The summed E-state index contributed by atoms with van der Waals surface area (Å²) < 4.78 is 5.79. The van der Waals surface area contributed by atoms with E-state index in [4.69, 9.17) is 16.3 Å². The molecule has 0 spiro atoms. The number of para-hydroxylation sites is 1. The minimum atomic E-state index is -0.522. The smallest absolute Gasteiger partial charge is 0.266 e. The van der Waals surface area contributed by atoms with Crippen LogP contribution in [0.1, 0.15) is 11.1 Å². The second-order valence-corrected chi connectivity index (χ2v) is 6.36. The first-order chi connectivity index (χ1) is 13.7. The Bertz CT molecular complexity index is 1040. The molecule has 0 radical (unpaired) electrons. The number of nitriles is 1. The van der Waals surface area contributed by atoms with Gasteiger partial charge in [-0.2, -0.15) is 5.26 Å². The Morgan fingerprint density at radius 3 is 2.54 bits per heavy atom. The molecular weight excluding hydrogens is 372 g/mol. The number of carbonyl (C=O) groups is 1. The van der Waals surface area contributed by atoms with Crippen molar-refractivity contribution in [3.63, 3.8) is 0 Å². The fourth-order valence-corrected chi connectivity index (χ4v) is 2.69. The van der Waals surface area contributed by atoms with Gasteiger partial charge in [-0.05, 0) is 41.5 Å². The first-order valence-corrected chi connectivity index (χ1v) is 8.98. The van der Waals surface area contributed by atoms with Crippen molar-refractivity contribution in [2.75, 3.05) is 5.32 Å². The average Bonchev–Trinajstić information content (AvgIpc) is 2.73. The van der Waals surface area contributed by atoms with Crippen molar-refractivity contribution in [2.45, 2.75) is 6.61 Å². The van der Waals surface area contributed by atoms with Crippen molar-refractivity contribution in [3.8, 4) is 11.8 Å². The third-order valence-electron chi connectivity index (χ3n) is 3.90. The Balaban J connectivity index is 1.72. The largest absolute Gasteiger partial charge is 0.489 e. The highest BCUT2D eigenvalue weighted by Crippen LogP contribution is 2.22. The third-order valence-corrected chi connectivity index (χ3v) is 4.23. The van der Waals surface area contributed by atoms with Crippen molar-refractivity contribution in [1.82, 2.24) is 0 Å². The van der Waals surface area contributed by atoms with Gasteiger partial charge in [-0.25, -0.2) is 0 Å². The van der Waals surface area contributed by atoms with Crippen molar-refractivity contribution in [3.05, 3.63) is 101 Å². The topological polar surface area (TPSA) is 62.1 Å². The summed E-state index contributed by atoms with van der Waals surface area (Å²) in [5.41, 5.74) is 2.17. The fraction of sp³-hybridized carbons (Fsp3) is 0.0435. The fourth-order valence-electron chi connectivity index (χ4n) is 2.50. The van der Waals surface area contributed by atoms with Crippen LogP contribution in [0.25, 0.3) is 6.08 Å². The highest BCUT2D eigenvalue weighted by molar-refractivity contribution is 6.34. The SMILES string of the molecule is N#C/C(=C\c1cccc(OCc2ccccc2)c1)C(=O)Nc1ccccc1Cl. The second kappa shape index (κ2) is 9.40. The summed E-state index contributed by atoms with van der Waals surface area (Å²) in [6.07, 6.45) is 1.52. The summed E-state index contributed by atoms with van der Waals surface area (Å²) in [4.78, 5) is 12.4. The van der Waals surface area contributed by atoms with E-state index in [0.29, 0.717) is 28.6 Å². The summed E-state index contributed by atoms with van der Waals surface area (Å²) in [6, 6.07) is 25.8. The van der Waals surface area contributed by atoms with E-state index < -0.39 is 5.91 Å². The van der Waals surface area contributed by atoms with E-state index in [1.54, 1.807) is 36.4 Å². The van der Waals surface area contributed by atoms with E-state index in [2.05, 4.69) is 5.32 Å². The number of hydrogen-bond acceptors (Lipinski definition) is 3. The molecule has 0 saturated carbocycles. The molecule has 0 aliphatic heterocycles. The molecule has 5 heteroatoms. The van der Waals surface area contributed by atoms with Gasteiger partial charge in [0.05, 0.1) is 10.7 Å². The number of benzene rings is 3. The average molecular weight is 389 g/mol. The molecule has 138 valence electrons. The van der Waals surface area contributed by atoms with Crippen LogP contribution in [0, 0.1) is 11.3 Å². The van der Waals surface area contributed by atoms with Crippen molar-refractivity contribution in [1.29, 1.82) is 5.26 Å². The van der Waals surface area contributed by atoms with Crippen LogP contribution in [0.3, 0.4) is 0 Å². The van der Waals surface area contributed by atoms with Crippen molar-refractivity contribution >= 4 is 29.3 Å². The van der Waals surface area contributed by atoms with E-state index in [1.165, 1.54) is 6.08 Å². The van der Waals surface area contributed by atoms with E-state index in [0.717, 1.165) is 5.56 Å². The van der Waals surface area contributed by atoms with Gasteiger partial charge in [0.25, 0.3) is 5.91 Å². The molecule has 0 unspecified atom stereocenters. The van der Waals surface area contributed by atoms with Gasteiger partial charge < -0.3 is 10.1 Å². The molecule has 0 bridgehead atoms. The summed E-state index contributed by atoms with van der Waals surface area (Å²) in [7, 11) is 0. The summed E-state index contributed by atoms with van der Waals surface area (Å²) in [6.45, 7) is 0.437. The standard InChI is InChI=1S/C23H17ClN2O2/c24-21-11-4-5-12-22(21)26-23(27)19(15-25)13-18-9-6-10-20(14-18)28-16-17-7-2-1-3-8-17/h1-14H,16H2,(H,26,27)/b19-13+. The van der Waals surface area contributed by atoms with Crippen LogP contribution < -0.4 is 10.1 Å². The lowest BCUT2D eigenvalue weighted by Crippen LogP contribution is -2.13. The molecule has 0 aliphatic carbocycles. The number of nitrogens with one attached hydrogen (secondary N) is 1. The van der Waals surface area contributed by atoms with Crippen molar-refractivity contribution < 1.29 is 9.53 Å². The molecule has 0 fully saturated rings. The molecular formula is C23H17ClN2O2. The quantitative estimate of drug-likeness (QED) is 0.450. The number of halogens is 1. The molecule has 0 saturated heterocycles. The molecule has 3 aromatic rings. The predicted molar refractivity (Wildman–Crippen MR) is 111 cm³/mol. The number of ether oxygens (including phenoxy) is 1. The lowest BCUT2D eigenvalue weighted by atomic mass is 10.1. The molecule has 0 aromatic heterocycles. The minimum Gasteiger partial charge on any atom is -0.489 e. The number of carbonyl (C=O) groups excluding carboxylic acids is 1. The zero-order valence-corrected chi connectivity index (χ0v) is 15.7. The predicted octanol–water partition coefficient (Wildman–Crippen LogP) is 5.46. The van der Waals surface area contributed by atoms with E-state index in [9.17, 15) is 10.1 Å². The Labute approximate surface area is 168 Å². The van der Waals surface area contributed by atoms with E-state index in [1.807, 2.05) is 48.5 Å². The molecule has 0 aliphatic rings. The number of rotatable bonds is 6. The molecule has 1 amide bonds. The van der Waals surface area contributed by atoms with Crippen LogP contribution in [0.5, 0.6) is 5.75 Å². The molecule has 3 aromatic carbocycles. The Morgan fingerprint density at radius 2 is 1.79 bits per heavy atom. The van der Waals surface area contributed by atoms with Crippen LogP contribution in [0.15, 0.2) is 84.4 Å². The molecule has 0 atom stereocenters. The number of hydrogen-bond donors (Lipinski definition) is 1. The van der Waals surface area contributed by atoms with Crippen molar-refractivity contribution in [2.24, 2.45) is 0 Å². The summed E-state index contributed by atoms with van der Waals surface area (Å²) in [5, 5.41) is 12.4. The first-order valence-electron chi connectivity index (χ1n) is 8.60. The zero-order chi connectivity index (χ0) is 19.8. The first kappa shape index (κ1) is 19.2. The van der Waals surface area contributed by atoms with E-state index >= 15 is 0 Å². The Kier molecular flexibility index (Phi) is 6.46. The second-order valence-electron chi connectivity index (χ2n) is 5.95. The van der Waals surface area contributed by atoms with Gasteiger partial charge in [0.2, 0.25) is 0 Å². The van der Waals surface area contributed by atoms with Gasteiger partial charge in [-0.1, -0.05) is 66.2 Å². The molecule has 0 heterocycles. The monoisotopic (exact) mass is 388 g/mol. The van der Waals surface area contributed by atoms with Crippen LogP contribution in [-0.4, -0.2) is 5.91 Å². The van der Waals surface area contributed by atoms with Crippen LogP contribution in [0.4, 0.5) is 5.69 Å². The maximum Gasteiger partial charge on any atom is 0.266 e. The molecule has 4 nitrogen and oxygen atoms in total.